The molecular formula is C40H44N2O8S. The van der Waals surface area contributed by atoms with Gasteiger partial charge in [0.25, 0.3) is 0 Å². The topological polar surface area (TPSA) is 154 Å². The summed E-state index contributed by atoms with van der Waals surface area (Å²) in [5, 5.41) is 30.8. The Labute approximate surface area is 302 Å². The predicted octanol–water partition coefficient (Wildman–Crippen LogP) is 7.34. The molecule has 11 heteroatoms. The zero-order chi connectivity index (χ0) is 36.0. The first-order valence-electron chi connectivity index (χ1n) is 17.2. The van der Waals surface area contributed by atoms with Crippen LogP contribution < -0.4 is 10.8 Å². The maximum atomic E-state index is 12.6. The van der Waals surface area contributed by atoms with Crippen molar-refractivity contribution in [2.24, 2.45) is 0 Å². The van der Waals surface area contributed by atoms with Gasteiger partial charge in [-0.25, -0.2) is 10.3 Å². The largest absolute Gasteiger partial charge is 0.478 e. The van der Waals surface area contributed by atoms with E-state index >= 15 is 0 Å². The Bertz CT molecular complexity index is 1750. The molecule has 0 saturated carbocycles. The Morgan fingerprint density at radius 2 is 1.43 bits per heavy atom. The molecule has 0 unspecified atom stereocenters. The number of carboxylic acid groups (broad SMARTS) is 1. The van der Waals surface area contributed by atoms with Crippen LogP contribution in [0.2, 0.25) is 0 Å². The molecule has 0 spiro atoms. The summed E-state index contributed by atoms with van der Waals surface area (Å²) in [4.78, 5) is 36.1. The van der Waals surface area contributed by atoms with Crippen LogP contribution >= 0.6 is 11.8 Å². The fraction of sp³-hybridized carbons (Fsp3) is 0.325. The van der Waals surface area contributed by atoms with Gasteiger partial charge in [-0.15, -0.1) is 11.8 Å². The molecule has 0 bridgehead atoms. The average Bonchev–Trinajstić information content (AvgIpc) is 3.17. The third-order valence-electron chi connectivity index (χ3n) is 8.83. The highest BCUT2D eigenvalue weighted by Gasteiger charge is 2.32. The van der Waals surface area contributed by atoms with Gasteiger partial charge in [0.05, 0.1) is 24.4 Å². The lowest BCUT2D eigenvalue weighted by molar-refractivity contribution is -0.245. The van der Waals surface area contributed by atoms with E-state index in [-0.39, 0.29) is 36.7 Å². The van der Waals surface area contributed by atoms with Crippen LogP contribution in [0.4, 0.5) is 0 Å². The molecule has 4 aromatic rings. The minimum absolute atomic E-state index is 0.0282. The highest BCUT2D eigenvalue weighted by atomic mass is 32.2. The van der Waals surface area contributed by atoms with Crippen LogP contribution in [-0.2, 0) is 32.2 Å². The van der Waals surface area contributed by atoms with E-state index < -0.39 is 18.2 Å². The molecule has 2 amide bonds. The molecule has 5 N–H and O–H groups in total. The van der Waals surface area contributed by atoms with Crippen LogP contribution in [0.3, 0.4) is 0 Å². The second-order valence-corrected chi connectivity index (χ2v) is 13.5. The molecule has 1 aliphatic rings. The fourth-order valence-corrected chi connectivity index (χ4v) is 7.08. The first-order valence-corrected chi connectivity index (χ1v) is 18.2. The summed E-state index contributed by atoms with van der Waals surface area (Å²) in [6.07, 6.45) is 3.15. The van der Waals surface area contributed by atoms with Crippen LogP contribution in [0, 0.1) is 0 Å². The molecule has 10 nitrogen and oxygen atoms in total. The Kier molecular flexibility index (Phi) is 14.2. The SMILES string of the molecule is O=C(CCCCCCC(=O)NCc1ccccc1-c1ccc([C@H]2O[C@@H](CSc3ccccc3C(=O)O)C[C@@H](c3ccc(CO)cc3)O2)cc1)NO. The van der Waals surface area contributed by atoms with Crippen LogP contribution in [0.25, 0.3) is 11.1 Å². The number of hydrogen-bond donors (Lipinski definition) is 5. The van der Waals surface area contributed by atoms with Gasteiger partial charge in [-0.1, -0.05) is 97.8 Å². The second kappa shape index (κ2) is 19.2. The van der Waals surface area contributed by atoms with Crippen molar-refractivity contribution in [3.63, 3.8) is 0 Å². The summed E-state index contributed by atoms with van der Waals surface area (Å²) >= 11 is 1.45. The minimum atomic E-state index is -0.967. The van der Waals surface area contributed by atoms with Crippen LogP contribution in [-0.4, -0.2) is 45.1 Å². The fourth-order valence-electron chi connectivity index (χ4n) is 6.01. The lowest BCUT2D eigenvalue weighted by Gasteiger charge is -2.36. The maximum absolute atomic E-state index is 12.6. The molecule has 51 heavy (non-hydrogen) atoms. The number of carbonyl (C=O) groups excluding carboxylic acids is 2. The molecule has 5 rings (SSSR count). The molecule has 3 atom stereocenters. The van der Waals surface area contributed by atoms with E-state index in [0.717, 1.165) is 52.6 Å². The number of carboxylic acids is 1. The standard InChI is InChI=1S/C40H44N2O8S/c43-25-27-15-17-29(18-16-27)35-23-32(26-51-36-12-8-7-11-34(36)39(46)47)49-40(50-35)30-21-19-28(20-22-30)33-10-6-5-9-31(33)24-41-37(44)13-3-1-2-4-14-38(45)42-48/h5-12,15-22,32,35,40,43,48H,1-4,13-14,23-26H2,(H,41,44)(H,42,45)(H,46,47)/t32-,35+,40+/m1/s1. The number of unbranched alkanes of at least 4 members (excludes halogenated alkanes) is 3. The average molecular weight is 713 g/mol. The van der Waals surface area contributed by atoms with Crippen molar-refractivity contribution in [3.8, 4) is 11.1 Å². The molecule has 4 aromatic carbocycles. The van der Waals surface area contributed by atoms with Gasteiger partial charge in [0.1, 0.15) is 0 Å². The summed E-state index contributed by atoms with van der Waals surface area (Å²) < 4.78 is 13.0. The molecule has 0 radical (unpaired) electrons. The Balaban J connectivity index is 1.24. The van der Waals surface area contributed by atoms with Crippen molar-refractivity contribution >= 4 is 29.5 Å². The highest BCUT2D eigenvalue weighted by molar-refractivity contribution is 7.99. The van der Waals surface area contributed by atoms with Gasteiger partial charge in [-0.05, 0) is 52.8 Å². The Morgan fingerprint density at radius 1 is 0.765 bits per heavy atom. The zero-order valence-electron chi connectivity index (χ0n) is 28.3. The van der Waals surface area contributed by atoms with Gasteiger partial charge in [0.2, 0.25) is 11.8 Å². The maximum Gasteiger partial charge on any atom is 0.336 e. The Hall–Kier alpha value is -4.52. The molecule has 1 fully saturated rings. The number of aromatic carboxylic acids is 1. The van der Waals surface area contributed by atoms with E-state index in [9.17, 15) is 24.6 Å². The molecule has 1 saturated heterocycles. The van der Waals surface area contributed by atoms with Crippen molar-refractivity contribution in [2.75, 3.05) is 5.75 Å². The lowest BCUT2D eigenvalue weighted by atomic mass is 9.97. The monoisotopic (exact) mass is 712 g/mol. The summed E-state index contributed by atoms with van der Waals surface area (Å²) in [5.41, 5.74) is 7.51. The van der Waals surface area contributed by atoms with Gasteiger partial charge in [0.15, 0.2) is 6.29 Å². The van der Waals surface area contributed by atoms with Crippen molar-refractivity contribution in [1.29, 1.82) is 0 Å². The second-order valence-electron chi connectivity index (χ2n) is 12.5. The first-order chi connectivity index (χ1) is 24.8. The number of hydrogen-bond acceptors (Lipinski definition) is 8. The minimum Gasteiger partial charge on any atom is -0.478 e. The van der Waals surface area contributed by atoms with E-state index in [4.69, 9.17) is 14.7 Å². The molecule has 0 aliphatic carbocycles. The lowest BCUT2D eigenvalue weighted by Crippen LogP contribution is -2.31. The number of amides is 2. The van der Waals surface area contributed by atoms with E-state index in [1.807, 2.05) is 84.9 Å². The van der Waals surface area contributed by atoms with Crippen LogP contribution in [0.5, 0.6) is 0 Å². The third kappa shape index (κ3) is 11.0. The molecule has 268 valence electrons. The number of aliphatic hydroxyl groups excluding tert-OH is 1. The summed E-state index contributed by atoms with van der Waals surface area (Å²) in [6, 6.07) is 30.6. The number of benzene rings is 4. The summed E-state index contributed by atoms with van der Waals surface area (Å²) in [6.45, 7) is 0.349. The number of hydroxylamine groups is 1. The predicted molar refractivity (Wildman–Crippen MR) is 194 cm³/mol. The van der Waals surface area contributed by atoms with Gasteiger partial charge in [-0.3, -0.25) is 14.8 Å². The number of thioether (sulfide) groups is 1. The van der Waals surface area contributed by atoms with Gasteiger partial charge < -0.3 is 25.0 Å². The van der Waals surface area contributed by atoms with Gasteiger partial charge in [-0.2, -0.15) is 0 Å². The zero-order valence-corrected chi connectivity index (χ0v) is 29.1. The van der Waals surface area contributed by atoms with E-state index in [1.54, 1.807) is 17.6 Å². The van der Waals surface area contributed by atoms with Crippen molar-refractivity contribution in [2.45, 2.75) is 81.5 Å². The highest BCUT2D eigenvalue weighted by Crippen LogP contribution is 2.40. The first kappa shape index (κ1) is 37.7. The van der Waals surface area contributed by atoms with Crippen LogP contribution in [0.15, 0.2) is 102 Å². The number of nitrogens with one attached hydrogen (secondary N) is 2. The summed E-state index contributed by atoms with van der Waals surface area (Å²) in [5.74, 6) is -0.853. The van der Waals surface area contributed by atoms with Gasteiger partial charge >= 0.3 is 5.97 Å². The van der Waals surface area contributed by atoms with Crippen molar-refractivity contribution in [3.05, 3.63) is 125 Å². The van der Waals surface area contributed by atoms with E-state index in [1.165, 1.54) is 11.8 Å². The Morgan fingerprint density at radius 3 is 2.14 bits per heavy atom. The van der Waals surface area contributed by atoms with E-state index in [0.29, 0.717) is 36.5 Å². The third-order valence-corrected chi connectivity index (χ3v) is 10.0. The van der Waals surface area contributed by atoms with Gasteiger partial charge in [0, 0.05) is 42.0 Å². The summed E-state index contributed by atoms with van der Waals surface area (Å²) in [7, 11) is 0. The number of ether oxygens (including phenoxy) is 2. The number of aliphatic hydroxyl groups is 1. The van der Waals surface area contributed by atoms with Crippen LogP contribution in [0.1, 0.15) is 90.0 Å². The van der Waals surface area contributed by atoms with Crippen molar-refractivity contribution in [1.82, 2.24) is 10.8 Å². The van der Waals surface area contributed by atoms with Crippen molar-refractivity contribution < 1.29 is 39.3 Å². The molecule has 1 aliphatic heterocycles. The molecule has 0 aromatic heterocycles. The van der Waals surface area contributed by atoms with E-state index in [2.05, 4.69) is 5.32 Å². The quantitative estimate of drug-likeness (QED) is 0.0327. The number of carbonyl (C=O) groups is 3. The number of rotatable bonds is 17. The molecular weight excluding hydrogens is 669 g/mol. The molecule has 1 heterocycles. The smallest absolute Gasteiger partial charge is 0.336 e. The normalized spacial score (nSPS) is 17.1.